The molecule has 0 aliphatic heterocycles. The van der Waals surface area contributed by atoms with Gasteiger partial charge in [-0.15, -0.1) is 12.4 Å². The van der Waals surface area contributed by atoms with Crippen molar-refractivity contribution in [3.8, 4) is 11.5 Å². The van der Waals surface area contributed by atoms with Crippen LogP contribution in [-0.4, -0.2) is 50.0 Å². The Labute approximate surface area is 207 Å². The number of hydrogen-bond acceptors (Lipinski definition) is 4. The van der Waals surface area contributed by atoms with E-state index in [1.54, 1.807) is 14.2 Å². The van der Waals surface area contributed by atoms with E-state index in [1.165, 1.54) is 16.7 Å². The summed E-state index contributed by atoms with van der Waals surface area (Å²) in [5, 5.41) is 11.3. The minimum absolute atomic E-state index is 0. The second-order valence-electron chi connectivity index (χ2n) is 8.84. The van der Waals surface area contributed by atoms with Crippen LogP contribution in [-0.2, 0) is 19.3 Å². The maximum atomic E-state index is 11.3. The Hall–Kier alpha value is -1.27. The fraction of sp³-hybridized carbons (Fsp3) is 0.538. The first-order valence-electron chi connectivity index (χ1n) is 11.3. The zero-order valence-electron chi connectivity index (χ0n) is 19.5. The molecule has 0 fully saturated rings. The highest BCUT2D eigenvalue weighted by atomic mass is 79.9. The number of nitrogens with zero attached hydrogens (tertiary/aromatic N) is 1. The number of fused-ring (bicyclic) bond motifs is 1. The van der Waals surface area contributed by atoms with Gasteiger partial charge in [-0.1, -0.05) is 28.1 Å². The first-order valence-corrected chi connectivity index (χ1v) is 12.1. The first-order chi connectivity index (χ1) is 14.9. The van der Waals surface area contributed by atoms with E-state index in [-0.39, 0.29) is 12.4 Å². The quantitative estimate of drug-likeness (QED) is 0.395. The van der Waals surface area contributed by atoms with Crippen LogP contribution < -0.4 is 9.47 Å². The van der Waals surface area contributed by atoms with Crippen LogP contribution in [0.5, 0.6) is 11.5 Å². The lowest BCUT2D eigenvalue weighted by Crippen LogP contribution is -2.31. The topological polar surface area (TPSA) is 41.9 Å². The highest BCUT2D eigenvalue weighted by Crippen LogP contribution is 2.37. The minimum atomic E-state index is -0.586. The Morgan fingerprint density at radius 2 is 1.47 bits per heavy atom. The van der Waals surface area contributed by atoms with E-state index in [4.69, 9.17) is 9.47 Å². The molecule has 1 N–H and O–H groups in total. The van der Waals surface area contributed by atoms with E-state index in [0.29, 0.717) is 0 Å². The van der Waals surface area contributed by atoms with Gasteiger partial charge in [-0.05, 0) is 112 Å². The molecule has 2 aromatic rings. The van der Waals surface area contributed by atoms with Gasteiger partial charge in [0.05, 0.1) is 19.8 Å². The number of rotatable bonds is 10. The molecule has 0 heterocycles. The summed E-state index contributed by atoms with van der Waals surface area (Å²) in [6, 6.07) is 12.8. The molecule has 0 aromatic heterocycles. The van der Waals surface area contributed by atoms with Gasteiger partial charge >= 0.3 is 0 Å². The SMILES string of the molecule is COc1cc2c(cc1OC)CCC(O)(CCCN(C)CCCc1ccc(Br)cc1)CC2.Cl. The molecule has 0 bridgehead atoms. The third-order valence-corrected chi connectivity index (χ3v) is 7.05. The molecule has 1 aliphatic rings. The average molecular weight is 527 g/mol. The largest absolute Gasteiger partial charge is 0.493 e. The minimum Gasteiger partial charge on any atom is -0.493 e. The van der Waals surface area contributed by atoms with Crippen LogP contribution in [0.25, 0.3) is 0 Å². The Morgan fingerprint density at radius 1 is 0.938 bits per heavy atom. The van der Waals surface area contributed by atoms with Crippen LogP contribution in [0.15, 0.2) is 40.9 Å². The molecule has 32 heavy (non-hydrogen) atoms. The Morgan fingerprint density at radius 3 is 2.00 bits per heavy atom. The summed E-state index contributed by atoms with van der Waals surface area (Å²) in [5.41, 5.74) is 3.35. The molecular weight excluding hydrogens is 490 g/mol. The molecule has 3 rings (SSSR count). The van der Waals surface area contributed by atoms with Crippen LogP contribution in [0.2, 0.25) is 0 Å². The van der Waals surface area contributed by atoms with Crippen molar-refractivity contribution in [2.24, 2.45) is 0 Å². The molecule has 0 unspecified atom stereocenters. The Kier molecular flexibility index (Phi) is 10.8. The molecule has 0 radical (unpaired) electrons. The average Bonchev–Trinajstić information content (AvgIpc) is 2.93. The van der Waals surface area contributed by atoms with Crippen molar-refractivity contribution in [2.45, 2.75) is 57.0 Å². The highest BCUT2D eigenvalue weighted by Gasteiger charge is 2.30. The molecule has 0 spiro atoms. The molecule has 178 valence electrons. The zero-order chi connectivity index (χ0) is 22.3. The van der Waals surface area contributed by atoms with E-state index in [0.717, 1.165) is 80.4 Å². The van der Waals surface area contributed by atoms with E-state index in [1.807, 2.05) is 0 Å². The Balaban J connectivity index is 0.00000363. The molecular formula is C26H37BrClNO3. The van der Waals surface area contributed by atoms with Crippen LogP contribution >= 0.6 is 28.3 Å². The summed E-state index contributed by atoms with van der Waals surface area (Å²) >= 11 is 3.49. The second kappa shape index (κ2) is 12.8. The first kappa shape index (κ1) is 27.0. The summed E-state index contributed by atoms with van der Waals surface area (Å²) in [5.74, 6) is 1.55. The fourth-order valence-electron chi connectivity index (χ4n) is 4.53. The fourth-order valence-corrected chi connectivity index (χ4v) is 4.80. The van der Waals surface area contributed by atoms with Crippen molar-refractivity contribution in [2.75, 3.05) is 34.4 Å². The summed E-state index contributed by atoms with van der Waals surface area (Å²) in [6.07, 6.45) is 7.52. The van der Waals surface area contributed by atoms with Gasteiger partial charge in [0.1, 0.15) is 0 Å². The van der Waals surface area contributed by atoms with Crippen molar-refractivity contribution in [1.29, 1.82) is 0 Å². The van der Waals surface area contributed by atoms with Crippen molar-refractivity contribution < 1.29 is 14.6 Å². The van der Waals surface area contributed by atoms with Crippen molar-refractivity contribution in [1.82, 2.24) is 4.90 Å². The maximum Gasteiger partial charge on any atom is 0.161 e. The third-order valence-electron chi connectivity index (χ3n) is 6.53. The van der Waals surface area contributed by atoms with Gasteiger partial charge in [-0.3, -0.25) is 0 Å². The van der Waals surface area contributed by atoms with Crippen LogP contribution in [0.4, 0.5) is 0 Å². The number of aryl methyl sites for hydroxylation is 3. The predicted octanol–water partition coefficient (Wildman–Crippen LogP) is 5.84. The zero-order valence-corrected chi connectivity index (χ0v) is 21.9. The standard InChI is InChI=1S/C26H36BrNO3.ClH/c1-28(16-4-6-20-7-9-23(27)10-8-20)17-5-13-26(29)14-11-21-18-24(30-2)25(31-3)19-22(21)12-15-26;/h7-10,18-19,29H,4-6,11-17H2,1-3H3;1H. The maximum absolute atomic E-state index is 11.3. The van der Waals surface area contributed by atoms with Gasteiger partial charge in [-0.2, -0.15) is 0 Å². The molecule has 0 saturated heterocycles. The summed E-state index contributed by atoms with van der Waals surface area (Å²) in [7, 11) is 5.53. The molecule has 4 nitrogen and oxygen atoms in total. The molecule has 0 atom stereocenters. The molecule has 6 heteroatoms. The number of aliphatic hydroxyl groups is 1. The van der Waals surface area contributed by atoms with Crippen LogP contribution in [0.1, 0.15) is 48.8 Å². The lowest BCUT2D eigenvalue weighted by molar-refractivity contribution is 0.0135. The van der Waals surface area contributed by atoms with Crippen molar-refractivity contribution in [3.63, 3.8) is 0 Å². The van der Waals surface area contributed by atoms with Gasteiger partial charge in [0.25, 0.3) is 0 Å². The summed E-state index contributed by atoms with van der Waals surface area (Å²) in [6.45, 7) is 2.11. The van der Waals surface area contributed by atoms with E-state index < -0.39 is 5.60 Å². The van der Waals surface area contributed by atoms with Crippen molar-refractivity contribution in [3.05, 3.63) is 57.6 Å². The summed E-state index contributed by atoms with van der Waals surface area (Å²) < 4.78 is 12.0. The number of halogens is 2. The normalized spacial score (nSPS) is 14.9. The molecule has 0 amide bonds. The number of methoxy groups -OCH3 is 2. The smallest absolute Gasteiger partial charge is 0.161 e. The van der Waals surface area contributed by atoms with Gasteiger partial charge in [0.15, 0.2) is 11.5 Å². The third kappa shape index (κ3) is 7.65. The lowest BCUT2D eigenvalue weighted by Gasteiger charge is -2.27. The van der Waals surface area contributed by atoms with Gasteiger partial charge in [0.2, 0.25) is 0 Å². The summed E-state index contributed by atoms with van der Waals surface area (Å²) in [4.78, 5) is 2.39. The van der Waals surface area contributed by atoms with E-state index in [2.05, 4.69) is 64.3 Å². The monoisotopic (exact) mass is 525 g/mol. The van der Waals surface area contributed by atoms with E-state index in [9.17, 15) is 5.11 Å². The number of benzene rings is 2. The molecule has 0 saturated carbocycles. The predicted molar refractivity (Wildman–Crippen MR) is 138 cm³/mol. The second-order valence-corrected chi connectivity index (χ2v) is 9.75. The van der Waals surface area contributed by atoms with Gasteiger partial charge < -0.3 is 19.5 Å². The van der Waals surface area contributed by atoms with Gasteiger partial charge in [-0.25, -0.2) is 0 Å². The molecule has 2 aromatic carbocycles. The lowest BCUT2D eigenvalue weighted by atomic mass is 9.89. The number of ether oxygens (including phenoxy) is 2. The Bertz CT molecular complexity index is 809. The van der Waals surface area contributed by atoms with Crippen molar-refractivity contribution >= 4 is 28.3 Å². The van der Waals surface area contributed by atoms with E-state index >= 15 is 0 Å². The molecule has 1 aliphatic carbocycles. The van der Waals surface area contributed by atoms with Gasteiger partial charge in [0, 0.05) is 4.47 Å². The van der Waals surface area contributed by atoms with Crippen LogP contribution in [0.3, 0.4) is 0 Å². The highest BCUT2D eigenvalue weighted by molar-refractivity contribution is 9.10. The number of hydrogen-bond donors (Lipinski definition) is 1. The van der Waals surface area contributed by atoms with Crippen LogP contribution in [0, 0.1) is 0 Å².